The van der Waals surface area contributed by atoms with Gasteiger partial charge in [0.05, 0.1) is 0 Å². The number of pyridine rings is 1. The quantitative estimate of drug-likeness (QED) is 0.822. The van der Waals surface area contributed by atoms with Crippen molar-refractivity contribution in [2.45, 2.75) is 19.8 Å². The zero-order valence-electron chi connectivity index (χ0n) is 10.2. The van der Waals surface area contributed by atoms with E-state index in [1.807, 2.05) is 19.1 Å². The van der Waals surface area contributed by atoms with Gasteiger partial charge in [0.2, 0.25) is 0 Å². The summed E-state index contributed by atoms with van der Waals surface area (Å²) in [5.41, 5.74) is 1.38. The summed E-state index contributed by atoms with van der Waals surface area (Å²) in [6, 6.07) is 5.50. The fourth-order valence-electron chi connectivity index (χ4n) is 2.10. The van der Waals surface area contributed by atoms with Crippen LogP contribution in [0.2, 0.25) is 0 Å². The number of rotatable bonds is 3. The van der Waals surface area contributed by atoms with E-state index in [1.165, 1.54) is 12.8 Å². The lowest BCUT2D eigenvalue weighted by Gasteiger charge is -2.22. The first-order valence-corrected chi connectivity index (χ1v) is 6.18. The van der Waals surface area contributed by atoms with E-state index in [2.05, 4.69) is 15.6 Å². The number of nitrogens with zero attached hydrogens (tertiary/aromatic N) is 1. The van der Waals surface area contributed by atoms with Crippen molar-refractivity contribution in [3.05, 3.63) is 29.6 Å². The number of hydrogen-bond donors (Lipinski definition) is 2. The summed E-state index contributed by atoms with van der Waals surface area (Å²) in [5.74, 6) is 0.483. The second-order valence-electron chi connectivity index (χ2n) is 4.59. The Morgan fingerprint density at radius 1 is 1.59 bits per heavy atom. The van der Waals surface area contributed by atoms with Gasteiger partial charge in [-0.2, -0.15) is 0 Å². The zero-order chi connectivity index (χ0) is 12.1. The van der Waals surface area contributed by atoms with Gasteiger partial charge in [-0.1, -0.05) is 6.07 Å². The van der Waals surface area contributed by atoms with E-state index >= 15 is 0 Å². The molecule has 0 spiro atoms. The minimum absolute atomic E-state index is 0.0701. The van der Waals surface area contributed by atoms with Crippen molar-refractivity contribution in [2.75, 3.05) is 19.6 Å². The second-order valence-corrected chi connectivity index (χ2v) is 4.59. The summed E-state index contributed by atoms with van der Waals surface area (Å²) in [4.78, 5) is 16.1. The van der Waals surface area contributed by atoms with Crippen LogP contribution in [-0.2, 0) is 0 Å². The van der Waals surface area contributed by atoms with Crippen molar-refractivity contribution in [1.29, 1.82) is 0 Å². The minimum atomic E-state index is -0.0701. The second kappa shape index (κ2) is 5.77. The third kappa shape index (κ3) is 3.53. The number of amides is 1. The van der Waals surface area contributed by atoms with Crippen molar-refractivity contribution >= 4 is 5.91 Å². The van der Waals surface area contributed by atoms with Gasteiger partial charge in [0, 0.05) is 12.2 Å². The summed E-state index contributed by atoms with van der Waals surface area (Å²) >= 11 is 0. The fraction of sp³-hybridized carbons (Fsp3) is 0.538. The molecular weight excluding hydrogens is 214 g/mol. The average molecular weight is 233 g/mol. The highest BCUT2D eigenvalue weighted by molar-refractivity contribution is 5.92. The molecule has 0 aliphatic carbocycles. The maximum atomic E-state index is 11.8. The number of nitrogens with one attached hydrogen (secondary N) is 2. The van der Waals surface area contributed by atoms with Crippen LogP contribution in [0.4, 0.5) is 0 Å². The molecule has 1 saturated heterocycles. The molecule has 1 aromatic heterocycles. The Morgan fingerprint density at radius 3 is 3.18 bits per heavy atom. The van der Waals surface area contributed by atoms with Crippen LogP contribution in [0.1, 0.15) is 29.0 Å². The highest BCUT2D eigenvalue weighted by Crippen LogP contribution is 2.08. The van der Waals surface area contributed by atoms with Crippen molar-refractivity contribution in [3.63, 3.8) is 0 Å². The molecule has 0 aromatic carbocycles. The molecule has 2 heterocycles. The Balaban J connectivity index is 1.84. The molecule has 1 aliphatic rings. The molecule has 0 bridgehead atoms. The van der Waals surface area contributed by atoms with Crippen LogP contribution in [0.3, 0.4) is 0 Å². The van der Waals surface area contributed by atoms with Gasteiger partial charge in [0.1, 0.15) is 5.69 Å². The maximum Gasteiger partial charge on any atom is 0.269 e. The minimum Gasteiger partial charge on any atom is -0.350 e. The maximum absolute atomic E-state index is 11.8. The van der Waals surface area contributed by atoms with Crippen LogP contribution in [0.15, 0.2) is 18.2 Å². The first-order chi connectivity index (χ1) is 8.25. The monoisotopic (exact) mass is 233 g/mol. The van der Waals surface area contributed by atoms with Crippen LogP contribution in [0, 0.1) is 12.8 Å². The molecule has 0 saturated carbocycles. The largest absolute Gasteiger partial charge is 0.350 e. The van der Waals surface area contributed by atoms with Gasteiger partial charge in [-0.25, -0.2) is 4.98 Å². The molecule has 4 heteroatoms. The highest BCUT2D eigenvalue weighted by Gasteiger charge is 2.14. The third-order valence-electron chi connectivity index (χ3n) is 3.07. The first kappa shape index (κ1) is 12.0. The lowest BCUT2D eigenvalue weighted by Crippen LogP contribution is -2.38. The molecule has 17 heavy (non-hydrogen) atoms. The topological polar surface area (TPSA) is 54.0 Å². The molecule has 92 valence electrons. The molecule has 2 rings (SSSR count). The van der Waals surface area contributed by atoms with Crippen LogP contribution in [0.5, 0.6) is 0 Å². The Morgan fingerprint density at radius 2 is 2.47 bits per heavy atom. The molecule has 1 amide bonds. The molecule has 2 N–H and O–H groups in total. The van der Waals surface area contributed by atoms with E-state index in [0.29, 0.717) is 11.6 Å². The standard InChI is InChI=1S/C13H19N3O/c1-10-4-2-6-12(16-10)13(17)15-9-11-5-3-7-14-8-11/h2,4,6,11,14H,3,5,7-9H2,1H3,(H,15,17). The molecule has 1 fully saturated rings. The summed E-state index contributed by atoms with van der Waals surface area (Å²) in [6.45, 7) is 4.73. The number of piperidine rings is 1. The Labute approximate surface area is 102 Å². The number of aryl methyl sites for hydroxylation is 1. The summed E-state index contributed by atoms with van der Waals surface area (Å²) in [5, 5.41) is 6.29. The van der Waals surface area contributed by atoms with E-state index in [1.54, 1.807) is 6.07 Å². The smallest absolute Gasteiger partial charge is 0.269 e. The lowest BCUT2D eigenvalue weighted by atomic mass is 10.00. The number of hydrogen-bond acceptors (Lipinski definition) is 3. The van der Waals surface area contributed by atoms with Crippen molar-refractivity contribution < 1.29 is 4.79 Å². The van der Waals surface area contributed by atoms with E-state index in [4.69, 9.17) is 0 Å². The van der Waals surface area contributed by atoms with Gasteiger partial charge in [-0.15, -0.1) is 0 Å². The van der Waals surface area contributed by atoms with Crippen molar-refractivity contribution in [1.82, 2.24) is 15.6 Å². The van der Waals surface area contributed by atoms with Crippen LogP contribution in [0.25, 0.3) is 0 Å². The molecule has 1 unspecified atom stereocenters. The van der Waals surface area contributed by atoms with Gasteiger partial charge in [0.25, 0.3) is 5.91 Å². The molecular formula is C13H19N3O. The molecule has 1 aromatic rings. The summed E-state index contributed by atoms with van der Waals surface area (Å²) < 4.78 is 0. The van der Waals surface area contributed by atoms with Gasteiger partial charge < -0.3 is 10.6 Å². The SMILES string of the molecule is Cc1cccc(C(=O)NCC2CCCNC2)n1. The van der Waals surface area contributed by atoms with Crippen molar-refractivity contribution in [3.8, 4) is 0 Å². The fourth-order valence-corrected chi connectivity index (χ4v) is 2.10. The van der Waals surface area contributed by atoms with Crippen LogP contribution in [-0.4, -0.2) is 30.5 Å². The Kier molecular flexibility index (Phi) is 4.09. The number of carbonyl (C=O) groups excluding carboxylic acids is 1. The Bertz CT molecular complexity index is 386. The van der Waals surface area contributed by atoms with E-state index in [9.17, 15) is 4.79 Å². The molecule has 0 radical (unpaired) electrons. The Hall–Kier alpha value is -1.42. The summed E-state index contributed by atoms with van der Waals surface area (Å²) in [6.07, 6.45) is 2.39. The van der Waals surface area contributed by atoms with Gasteiger partial charge in [-0.05, 0) is 50.9 Å². The van der Waals surface area contributed by atoms with Crippen molar-refractivity contribution in [2.24, 2.45) is 5.92 Å². The van der Waals surface area contributed by atoms with E-state index in [-0.39, 0.29) is 5.91 Å². The zero-order valence-corrected chi connectivity index (χ0v) is 10.2. The lowest BCUT2D eigenvalue weighted by molar-refractivity contribution is 0.0939. The van der Waals surface area contributed by atoms with E-state index in [0.717, 1.165) is 25.3 Å². The number of aromatic nitrogens is 1. The number of carbonyl (C=O) groups is 1. The average Bonchev–Trinajstić information content (AvgIpc) is 2.37. The first-order valence-electron chi connectivity index (χ1n) is 6.18. The van der Waals surface area contributed by atoms with Crippen LogP contribution >= 0.6 is 0 Å². The molecule has 4 nitrogen and oxygen atoms in total. The van der Waals surface area contributed by atoms with Gasteiger partial charge in [0.15, 0.2) is 0 Å². The van der Waals surface area contributed by atoms with E-state index < -0.39 is 0 Å². The highest BCUT2D eigenvalue weighted by atomic mass is 16.1. The molecule has 1 atom stereocenters. The van der Waals surface area contributed by atoms with Crippen LogP contribution < -0.4 is 10.6 Å². The normalized spacial score (nSPS) is 19.9. The summed E-state index contributed by atoms with van der Waals surface area (Å²) in [7, 11) is 0. The predicted octanol–water partition coefficient (Wildman–Crippen LogP) is 1.12. The predicted molar refractivity (Wildman–Crippen MR) is 66.9 cm³/mol. The van der Waals surface area contributed by atoms with Gasteiger partial charge in [-0.3, -0.25) is 4.79 Å². The molecule has 1 aliphatic heterocycles. The van der Waals surface area contributed by atoms with Gasteiger partial charge >= 0.3 is 0 Å². The third-order valence-corrected chi connectivity index (χ3v) is 3.07.